The highest BCUT2D eigenvalue weighted by Crippen LogP contribution is 2.44. The molecule has 0 radical (unpaired) electrons. The second-order valence-electron chi connectivity index (χ2n) is 5.67. The van der Waals surface area contributed by atoms with Crippen LogP contribution in [0.4, 0.5) is 0 Å². The van der Waals surface area contributed by atoms with Gasteiger partial charge in [0.25, 0.3) is 0 Å². The average Bonchev–Trinajstić information content (AvgIpc) is 2.59. The fourth-order valence-corrected chi connectivity index (χ4v) is 3.21. The molecule has 0 saturated heterocycles. The summed E-state index contributed by atoms with van der Waals surface area (Å²) in [6, 6.07) is 13.5. The molecule has 1 unspecified atom stereocenters. The van der Waals surface area contributed by atoms with Crippen molar-refractivity contribution in [3.8, 4) is 17.2 Å². The van der Waals surface area contributed by atoms with Gasteiger partial charge in [0.15, 0.2) is 0 Å². The minimum atomic E-state index is -0.00681. The highest BCUT2D eigenvalue weighted by atomic mass is 16.5. The zero-order valence-corrected chi connectivity index (χ0v) is 13.8. The molecule has 1 aliphatic rings. The summed E-state index contributed by atoms with van der Waals surface area (Å²) in [5, 5.41) is 9.74. The van der Waals surface area contributed by atoms with Crippen LogP contribution in [-0.4, -0.2) is 18.3 Å². The van der Waals surface area contributed by atoms with Crippen LogP contribution in [0.1, 0.15) is 37.8 Å². The van der Waals surface area contributed by atoms with Crippen LogP contribution in [0.3, 0.4) is 0 Å². The molecule has 1 atom stereocenters. The Kier molecular flexibility index (Phi) is 4.28. The van der Waals surface area contributed by atoms with Crippen LogP contribution in [0.2, 0.25) is 0 Å². The lowest BCUT2D eigenvalue weighted by Gasteiger charge is -2.31. The van der Waals surface area contributed by atoms with Crippen molar-refractivity contribution in [2.24, 2.45) is 0 Å². The molecular formula is C20H22O3. The molecule has 3 rings (SSSR count). The van der Waals surface area contributed by atoms with Crippen molar-refractivity contribution < 1.29 is 14.6 Å². The van der Waals surface area contributed by atoms with Crippen LogP contribution in [0.5, 0.6) is 17.2 Å². The molecule has 1 heterocycles. The second kappa shape index (κ2) is 6.37. The summed E-state index contributed by atoms with van der Waals surface area (Å²) in [7, 11) is 1.67. The van der Waals surface area contributed by atoms with E-state index >= 15 is 0 Å². The number of phenols is 1. The lowest BCUT2D eigenvalue weighted by Crippen LogP contribution is -2.23. The smallest absolute Gasteiger partial charge is 0.131 e. The van der Waals surface area contributed by atoms with E-state index in [-0.39, 0.29) is 11.9 Å². The second-order valence-corrected chi connectivity index (χ2v) is 5.67. The van der Waals surface area contributed by atoms with Gasteiger partial charge in [-0.3, -0.25) is 0 Å². The first-order valence-corrected chi connectivity index (χ1v) is 8.05. The molecule has 1 aliphatic heterocycles. The molecule has 3 nitrogen and oxygen atoms in total. The number of hydrogen-bond acceptors (Lipinski definition) is 3. The number of hydrogen-bond donors (Lipinski definition) is 1. The number of fused-ring (bicyclic) bond motifs is 1. The van der Waals surface area contributed by atoms with E-state index in [0.29, 0.717) is 0 Å². The van der Waals surface area contributed by atoms with Gasteiger partial charge < -0.3 is 14.6 Å². The third kappa shape index (κ3) is 2.79. The summed E-state index contributed by atoms with van der Waals surface area (Å²) >= 11 is 0. The first-order valence-electron chi connectivity index (χ1n) is 8.05. The zero-order chi connectivity index (χ0) is 16.4. The standard InChI is InChI=1S/C20H22O3/c1-4-16-17-11-8-14(21)12-19(17)23-18(5-2)20(16)13-6-9-15(22-3)10-7-13/h6-12,18,21H,4-5H2,1-3H3. The Bertz CT molecular complexity index is 729. The maximum atomic E-state index is 9.74. The summed E-state index contributed by atoms with van der Waals surface area (Å²) < 4.78 is 11.4. The van der Waals surface area contributed by atoms with Crippen LogP contribution in [-0.2, 0) is 0 Å². The Morgan fingerprint density at radius 1 is 1.09 bits per heavy atom. The monoisotopic (exact) mass is 310 g/mol. The minimum absolute atomic E-state index is 0.00681. The molecule has 2 aromatic carbocycles. The highest BCUT2D eigenvalue weighted by Gasteiger charge is 2.28. The first-order chi connectivity index (χ1) is 11.2. The van der Waals surface area contributed by atoms with Gasteiger partial charge in [0.05, 0.1) is 7.11 Å². The van der Waals surface area contributed by atoms with E-state index in [1.807, 2.05) is 18.2 Å². The SMILES string of the molecule is CCC1=C(c2ccc(OC)cc2)C(CC)Oc2cc(O)ccc21. The molecule has 0 aliphatic carbocycles. The van der Waals surface area contributed by atoms with Gasteiger partial charge in [-0.1, -0.05) is 26.0 Å². The Morgan fingerprint density at radius 2 is 1.83 bits per heavy atom. The number of allylic oxidation sites excluding steroid dienone is 1. The van der Waals surface area contributed by atoms with Gasteiger partial charge in [-0.25, -0.2) is 0 Å². The summed E-state index contributed by atoms with van der Waals surface area (Å²) in [6.07, 6.45) is 1.78. The van der Waals surface area contributed by atoms with Gasteiger partial charge in [0.2, 0.25) is 0 Å². The lowest BCUT2D eigenvalue weighted by molar-refractivity contribution is 0.248. The highest BCUT2D eigenvalue weighted by molar-refractivity contribution is 5.96. The van der Waals surface area contributed by atoms with Gasteiger partial charge in [0, 0.05) is 17.2 Å². The molecular weight excluding hydrogens is 288 g/mol. The Balaban J connectivity index is 2.17. The third-order valence-corrected chi connectivity index (χ3v) is 4.33. The van der Waals surface area contributed by atoms with Crippen molar-refractivity contribution in [2.75, 3.05) is 7.11 Å². The van der Waals surface area contributed by atoms with Gasteiger partial charge in [-0.05, 0) is 48.2 Å². The van der Waals surface area contributed by atoms with Crippen LogP contribution in [0.25, 0.3) is 11.1 Å². The van der Waals surface area contributed by atoms with Crippen molar-refractivity contribution in [1.29, 1.82) is 0 Å². The van der Waals surface area contributed by atoms with Gasteiger partial charge in [-0.2, -0.15) is 0 Å². The van der Waals surface area contributed by atoms with Crippen LogP contribution >= 0.6 is 0 Å². The summed E-state index contributed by atoms with van der Waals surface area (Å²) in [4.78, 5) is 0. The quantitative estimate of drug-likeness (QED) is 0.873. The van der Waals surface area contributed by atoms with E-state index < -0.39 is 0 Å². The fourth-order valence-electron chi connectivity index (χ4n) is 3.21. The van der Waals surface area contributed by atoms with E-state index in [1.54, 1.807) is 19.2 Å². The zero-order valence-electron chi connectivity index (χ0n) is 13.8. The molecule has 3 heteroatoms. The van der Waals surface area contributed by atoms with Crippen LogP contribution in [0.15, 0.2) is 42.5 Å². The lowest BCUT2D eigenvalue weighted by atomic mass is 9.86. The van der Waals surface area contributed by atoms with Crippen molar-refractivity contribution in [1.82, 2.24) is 0 Å². The number of phenolic OH excluding ortho intramolecular Hbond substituents is 1. The predicted molar refractivity (Wildman–Crippen MR) is 92.9 cm³/mol. The molecule has 0 amide bonds. The van der Waals surface area contributed by atoms with Gasteiger partial charge in [-0.15, -0.1) is 0 Å². The Morgan fingerprint density at radius 3 is 2.43 bits per heavy atom. The molecule has 2 aromatic rings. The average molecular weight is 310 g/mol. The summed E-state index contributed by atoms with van der Waals surface area (Å²) in [5.74, 6) is 1.86. The van der Waals surface area contributed by atoms with Crippen LogP contribution in [0, 0.1) is 0 Å². The fraction of sp³-hybridized carbons (Fsp3) is 0.300. The Hall–Kier alpha value is -2.42. The number of methoxy groups -OCH3 is 1. The van der Waals surface area contributed by atoms with Crippen molar-refractivity contribution in [3.05, 3.63) is 53.6 Å². The number of ether oxygens (including phenoxy) is 2. The third-order valence-electron chi connectivity index (χ3n) is 4.33. The topological polar surface area (TPSA) is 38.7 Å². The summed E-state index contributed by atoms with van der Waals surface area (Å²) in [5.41, 5.74) is 4.74. The van der Waals surface area contributed by atoms with Gasteiger partial charge in [0.1, 0.15) is 23.4 Å². The largest absolute Gasteiger partial charge is 0.508 e. The predicted octanol–water partition coefficient (Wildman–Crippen LogP) is 4.89. The van der Waals surface area contributed by atoms with Gasteiger partial charge >= 0.3 is 0 Å². The number of aromatic hydroxyl groups is 1. The molecule has 120 valence electrons. The van der Waals surface area contributed by atoms with Crippen molar-refractivity contribution >= 4 is 11.1 Å². The van der Waals surface area contributed by atoms with E-state index in [2.05, 4.69) is 26.0 Å². The molecule has 0 aromatic heterocycles. The van der Waals surface area contributed by atoms with E-state index in [0.717, 1.165) is 35.5 Å². The van der Waals surface area contributed by atoms with Crippen LogP contribution < -0.4 is 9.47 Å². The maximum absolute atomic E-state index is 9.74. The number of benzene rings is 2. The normalized spacial score (nSPS) is 16.7. The molecule has 0 bridgehead atoms. The van der Waals surface area contributed by atoms with Crippen molar-refractivity contribution in [3.63, 3.8) is 0 Å². The van der Waals surface area contributed by atoms with Crippen molar-refractivity contribution in [2.45, 2.75) is 32.8 Å². The summed E-state index contributed by atoms with van der Waals surface area (Å²) in [6.45, 7) is 4.28. The Labute approximate surface area is 137 Å². The number of rotatable bonds is 4. The molecule has 0 spiro atoms. The molecule has 1 N–H and O–H groups in total. The van der Waals surface area contributed by atoms with E-state index in [9.17, 15) is 5.11 Å². The first kappa shape index (κ1) is 15.5. The van der Waals surface area contributed by atoms with E-state index in [4.69, 9.17) is 9.47 Å². The molecule has 0 saturated carbocycles. The van der Waals surface area contributed by atoms with E-state index in [1.165, 1.54) is 11.1 Å². The maximum Gasteiger partial charge on any atom is 0.131 e. The minimum Gasteiger partial charge on any atom is -0.508 e. The molecule has 0 fully saturated rings. The molecule has 23 heavy (non-hydrogen) atoms.